The van der Waals surface area contributed by atoms with Crippen molar-refractivity contribution in [2.45, 2.75) is 51.0 Å². The largest absolute Gasteiger partial charge is 0.511 e. The van der Waals surface area contributed by atoms with Gasteiger partial charge in [0, 0.05) is 20.0 Å². The average Bonchev–Trinajstić information content (AvgIpc) is 2.77. The fourth-order valence-corrected chi connectivity index (χ4v) is 3.51. The predicted octanol–water partition coefficient (Wildman–Crippen LogP) is 2.44. The summed E-state index contributed by atoms with van der Waals surface area (Å²) in [7, 11) is 1.50. The maximum Gasteiger partial charge on any atom is 0.322 e. The van der Waals surface area contributed by atoms with Gasteiger partial charge in [-0.1, -0.05) is 49.6 Å². The number of aliphatic hydroxyl groups excluding tert-OH is 1. The highest BCUT2D eigenvalue weighted by Crippen LogP contribution is 2.20. The van der Waals surface area contributed by atoms with Crippen LogP contribution in [0.15, 0.2) is 41.7 Å². The number of hydrogen-bond acceptors (Lipinski definition) is 5. The molecule has 1 fully saturated rings. The summed E-state index contributed by atoms with van der Waals surface area (Å²) in [6, 6.07) is 10.6. The number of amides is 2. The second-order valence-corrected chi connectivity index (χ2v) is 7.74. The van der Waals surface area contributed by atoms with Gasteiger partial charge in [-0.15, -0.1) is 0 Å². The van der Waals surface area contributed by atoms with Crippen LogP contribution in [-0.4, -0.2) is 65.7 Å². The normalized spacial score (nSPS) is 17.1. The van der Waals surface area contributed by atoms with Gasteiger partial charge in [0.2, 0.25) is 0 Å². The number of aliphatic hydroxyl groups is 1. The van der Waals surface area contributed by atoms with E-state index in [2.05, 4.69) is 30.3 Å². The molecule has 3 N–H and O–H groups in total. The SMILES string of the molecule is CN1CCC(O)=C(C(=O)NCC(=O)O)C1=O.c1ccc(CCOC2CCCCC2)cc1. The van der Waals surface area contributed by atoms with Crippen molar-refractivity contribution in [3.05, 3.63) is 47.2 Å². The average molecular weight is 433 g/mol. The Morgan fingerprint density at radius 1 is 1.16 bits per heavy atom. The molecule has 0 aromatic heterocycles. The van der Waals surface area contributed by atoms with E-state index < -0.39 is 24.3 Å². The molecule has 2 amide bonds. The van der Waals surface area contributed by atoms with Crippen LogP contribution in [-0.2, 0) is 25.5 Å². The monoisotopic (exact) mass is 432 g/mol. The van der Waals surface area contributed by atoms with E-state index in [4.69, 9.17) is 9.84 Å². The molecular weight excluding hydrogens is 400 g/mol. The maximum absolute atomic E-state index is 11.5. The Balaban J connectivity index is 0.000000220. The fraction of sp³-hybridized carbons (Fsp3) is 0.522. The number of ether oxygens (including phenoxy) is 1. The molecular formula is C23H32N2O6. The quantitative estimate of drug-likeness (QED) is 0.570. The van der Waals surface area contributed by atoms with Crippen LogP contribution >= 0.6 is 0 Å². The van der Waals surface area contributed by atoms with Crippen molar-refractivity contribution in [2.75, 3.05) is 26.7 Å². The number of benzene rings is 1. The van der Waals surface area contributed by atoms with Crippen molar-refractivity contribution in [3.8, 4) is 0 Å². The van der Waals surface area contributed by atoms with E-state index in [1.807, 2.05) is 5.32 Å². The lowest BCUT2D eigenvalue weighted by Crippen LogP contribution is -2.41. The van der Waals surface area contributed by atoms with Crippen LogP contribution in [0.25, 0.3) is 0 Å². The van der Waals surface area contributed by atoms with Crippen molar-refractivity contribution < 1.29 is 29.3 Å². The van der Waals surface area contributed by atoms with Gasteiger partial charge in [0.15, 0.2) is 0 Å². The molecule has 1 aromatic rings. The van der Waals surface area contributed by atoms with E-state index in [0.717, 1.165) is 13.0 Å². The van der Waals surface area contributed by atoms with Gasteiger partial charge < -0.3 is 25.2 Å². The molecule has 8 nitrogen and oxygen atoms in total. The summed E-state index contributed by atoms with van der Waals surface area (Å²) in [6.45, 7) is 0.627. The minimum Gasteiger partial charge on any atom is -0.511 e. The zero-order valence-corrected chi connectivity index (χ0v) is 18.0. The lowest BCUT2D eigenvalue weighted by atomic mass is 9.98. The van der Waals surface area contributed by atoms with Crippen molar-refractivity contribution in [2.24, 2.45) is 0 Å². The summed E-state index contributed by atoms with van der Waals surface area (Å²) >= 11 is 0. The number of carbonyl (C=O) groups excluding carboxylic acids is 2. The first-order valence-electron chi connectivity index (χ1n) is 10.7. The third-order valence-corrected chi connectivity index (χ3v) is 5.30. The number of hydrogen-bond donors (Lipinski definition) is 3. The molecule has 3 rings (SSSR count). The first-order valence-corrected chi connectivity index (χ1v) is 10.7. The Morgan fingerprint density at radius 2 is 1.84 bits per heavy atom. The van der Waals surface area contributed by atoms with E-state index in [0.29, 0.717) is 12.6 Å². The summed E-state index contributed by atoms with van der Waals surface area (Å²) in [5.74, 6) is -2.99. The Hall–Kier alpha value is -2.87. The topological polar surface area (TPSA) is 116 Å². The van der Waals surface area contributed by atoms with E-state index in [9.17, 15) is 19.5 Å². The van der Waals surface area contributed by atoms with Crippen LogP contribution in [0.2, 0.25) is 0 Å². The third kappa shape index (κ3) is 8.41. The number of aliphatic carboxylic acids is 1. The molecule has 170 valence electrons. The van der Waals surface area contributed by atoms with Gasteiger partial charge in [0.05, 0.1) is 12.7 Å². The summed E-state index contributed by atoms with van der Waals surface area (Å²) in [4.78, 5) is 34.5. The van der Waals surface area contributed by atoms with Gasteiger partial charge in [-0.3, -0.25) is 14.4 Å². The van der Waals surface area contributed by atoms with Crippen LogP contribution in [0.3, 0.4) is 0 Å². The highest BCUT2D eigenvalue weighted by Gasteiger charge is 2.30. The number of carbonyl (C=O) groups is 3. The van der Waals surface area contributed by atoms with Crippen molar-refractivity contribution in [1.29, 1.82) is 0 Å². The standard InChI is InChI=1S/C14H20O.C9H12N2O5/c1-3-7-13(8-4-1)11-12-15-14-9-5-2-6-10-14;1-11-3-2-5(12)7(9(11)16)8(15)10-4-6(13)14/h1,3-4,7-8,14H,2,5-6,9-12H2;12H,2-4H2,1H3,(H,10,15)(H,13,14). The van der Waals surface area contributed by atoms with Crippen molar-refractivity contribution in [3.63, 3.8) is 0 Å². The molecule has 0 radical (unpaired) electrons. The van der Waals surface area contributed by atoms with Gasteiger partial charge in [0.1, 0.15) is 17.9 Å². The molecule has 1 saturated carbocycles. The summed E-state index contributed by atoms with van der Waals surface area (Å²) in [5, 5.41) is 19.8. The smallest absolute Gasteiger partial charge is 0.322 e. The lowest BCUT2D eigenvalue weighted by Gasteiger charge is -2.23. The number of nitrogens with zero attached hydrogens (tertiary/aromatic N) is 1. The van der Waals surface area contributed by atoms with E-state index in [1.165, 1.54) is 49.6 Å². The van der Waals surface area contributed by atoms with Gasteiger partial charge in [-0.05, 0) is 24.8 Å². The Morgan fingerprint density at radius 3 is 2.48 bits per heavy atom. The van der Waals surface area contributed by atoms with Crippen molar-refractivity contribution >= 4 is 17.8 Å². The Labute approximate surface area is 182 Å². The molecule has 8 heteroatoms. The van der Waals surface area contributed by atoms with Gasteiger partial charge in [-0.2, -0.15) is 0 Å². The zero-order chi connectivity index (χ0) is 22.6. The summed E-state index contributed by atoms with van der Waals surface area (Å²) in [5.41, 5.74) is 1.00. The van der Waals surface area contributed by atoms with Crippen LogP contribution < -0.4 is 5.32 Å². The number of nitrogens with one attached hydrogen (secondary N) is 1. The van der Waals surface area contributed by atoms with E-state index in [1.54, 1.807) is 0 Å². The van der Waals surface area contributed by atoms with Crippen molar-refractivity contribution in [1.82, 2.24) is 10.2 Å². The minimum atomic E-state index is -1.22. The van der Waals surface area contributed by atoms with Gasteiger partial charge in [0.25, 0.3) is 11.8 Å². The highest BCUT2D eigenvalue weighted by molar-refractivity contribution is 6.19. The Bertz CT molecular complexity index is 772. The number of likely N-dealkylation sites (N-methyl/N-ethyl adjacent to an activating group) is 1. The molecule has 31 heavy (non-hydrogen) atoms. The first-order chi connectivity index (χ1) is 14.9. The molecule has 1 heterocycles. The molecule has 1 aliphatic heterocycles. The fourth-order valence-electron chi connectivity index (χ4n) is 3.51. The van der Waals surface area contributed by atoms with Gasteiger partial charge in [-0.25, -0.2) is 0 Å². The first kappa shape index (κ1) is 24.4. The van der Waals surface area contributed by atoms with Crippen LogP contribution in [0.4, 0.5) is 0 Å². The highest BCUT2D eigenvalue weighted by atomic mass is 16.5. The Kier molecular flexibility index (Phi) is 10.0. The minimum absolute atomic E-state index is 0.193. The number of carboxylic acids is 1. The molecule has 0 atom stereocenters. The van der Waals surface area contributed by atoms with Crippen LogP contribution in [0, 0.1) is 0 Å². The second kappa shape index (κ2) is 12.7. The van der Waals surface area contributed by atoms with E-state index >= 15 is 0 Å². The van der Waals surface area contributed by atoms with Crippen LogP contribution in [0.5, 0.6) is 0 Å². The third-order valence-electron chi connectivity index (χ3n) is 5.30. The zero-order valence-electron chi connectivity index (χ0n) is 18.0. The summed E-state index contributed by atoms with van der Waals surface area (Å²) < 4.78 is 5.89. The molecule has 2 aliphatic rings. The predicted molar refractivity (Wildman–Crippen MR) is 116 cm³/mol. The molecule has 1 aliphatic carbocycles. The maximum atomic E-state index is 11.5. The molecule has 0 saturated heterocycles. The molecule has 1 aromatic carbocycles. The molecule has 0 bridgehead atoms. The second-order valence-electron chi connectivity index (χ2n) is 7.74. The van der Waals surface area contributed by atoms with Gasteiger partial charge >= 0.3 is 5.97 Å². The number of rotatable bonds is 7. The summed E-state index contributed by atoms with van der Waals surface area (Å²) in [6.07, 6.45) is 8.45. The van der Waals surface area contributed by atoms with E-state index in [-0.39, 0.29) is 17.8 Å². The molecule has 0 spiro atoms. The lowest BCUT2D eigenvalue weighted by molar-refractivity contribution is -0.138. The van der Waals surface area contributed by atoms with Crippen LogP contribution in [0.1, 0.15) is 44.1 Å². The molecule has 0 unspecified atom stereocenters. The number of carboxylic acid groups (broad SMARTS) is 1.